The van der Waals surface area contributed by atoms with Gasteiger partial charge >= 0.3 is 0 Å². The highest BCUT2D eigenvalue weighted by Gasteiger charge is 2.21. The van der Waals surface area contributed by atoms with Crippen molar-refractivity contribution in [2.75, 3.05) is 0 Å². The minimum atomic E-state index is 0.576. The van der Waals surface area contributed by atoms with Gasteiger partial charge in [0.1, 0.15) is 0 Å². The maximum absolute atomic E-state index is 2.37. The molecule has 0 heteroatoms. The molecule has 0 saturated heterocycles. The summed E-state index contributed by atoms with van der Waals surface area (Å²) in [5, 5.41) is 0. The molecule has 0 aromatic heterocycles. The van der Waals surface area contributed by atoms with E-state index in [2.05, 4.69) is 87.5 Å². The molecule has 0 aliphatic heterocycles. The van der Waals surface area contributed by atoms with Gasteiger partial charge in [0.05, 0.1) is 0 Å². The van der Waals surface area contributed by atoms with Gasteiger partial charge in [-0.25, -0.2) is 0 Å². The molecule has 0 heterocycles. The van der Waals surface area contributed by atoms with Crippen LogP contribution >= 0.6 is 0 Å². The maximum atomic E-state index is 2.37. The molecule has 0 spiro atoms. The van der Waals surface area contributed by atoms with Gasteiger partial charge in [0.2, 0.25) is 0 Å². The molecular formula is C24H24. The van der Waals surface area contributed by atoms with E-state index in [1.165, 1.54) is 39.0 Å². The molecule has 0 radical (unpaired) electrons. The molecule has 0 bridgehead atoms. The van der Waals surface area contributed by atoms with Crippen LogP contribution in [0.4, 0.5) is 0 Å². The number of hydrogen-bond donors (Lipinski definition) is 0. The van der Waals surface area contributed by atoms with Crippen LogP contribution < -0.4 is 0 Å². The molecule has 0 amide bonds. The largest absolute Gasteiger partial charge is 0.0761 e. The van der Waals surface area contributed by atoms with Gasteiger partial charge in [0, 0.05) is 5.92 Å². The lowest BCUT2D eigenvalue weighted by Crippen LogP contribution is -2.01. The summed E-state index contributed by atoms with van der Waals surface area (Å²) in [5.41, 5.74) is 9.84. The summed E-state index contributed by atoms with van der Waals surface area (Å²) in [7, 11) is 0. The summed E-state index contributed by atoms with van der Waals surface area (Å²) in [4.78, 5) is 0. The Balaban J connectivity index is 1.58. The third-order valence-electron chi connectivity index (χ3n) is 5.38. The minimum Gasteiger partial charge on any atom is -0.0761 e. The molecule has 0 nitrogen and oxygen atoms in total. The first-order chi connectivity index (χ1) is 11.6. The molecule has 1 atom stereocenters. The van der Waals surface area contributed by atoms with Crippen LogP contribution in [-0.4, -0.2) is 0 Å². The summed E-state index contributed by atoms with van der Waals surface area (Å²) < 4.78 is 0. The Kier molecular flexibility index (Phi) is 3.76. The molecule has 2 aliphatic rings. The molecule has 0 fully saturated rings. The smallest absolute Gasteiger partial charge is 0.00502 e. The number of hydrogen-bond acceptors (Lipinski definition) is 0. The molecule has 0 N–H and O–H groups in total. The van der Waals surface area contributed by atoms with Gasteiger partial charge in [-0.3, -0.25) is 0 Å². The van der Waals surface area contributed by atoms with Gasteiger partial charge in [0.15, 0.2) is 0 Å². The van der Waals surface area contributed by atoms with E-state index in [1.807, 2.05) is 0 Å². The molecule has 2 aromatic rings. The highest BCUT2D eigenvalue weighted by Crippen LogP contribution is 2.39. The van der Waals surface area contributed by atoms with Crippen LogP contribution in [0.5, 0.6) is 0 Å². The van der Waals surface area contributed by atoms with Gasteiger partial charge in [-0.1, -0.05) is 74.5 Å². The second kappa shape index (κ2) is 5.94. The molecular weight excluding hydrogens is 288 g/mol. The number of rotatable bonds is 3. The second-order valence-corrected chi connectivity index (χ2v) is 7.35. The predicted molar refractivity (Wildman–Crippen MR) is 105 cm³/mol. The highest BCUT2D eigenvalue weighted by atomic mass is 14.3. The average molecular weight is 312 g/mol. The maximum Gasteiger partial charge on any atom is 0.00502 e. The fourth-order valence-corrected chi connectivity index (χ4v) is 3.96. The van der Waals surface area contributed by atoms with E-state index >= 15 is 0 Å². The molecule has 2 aliphatic carbocycles. The SMILES string of the molecule is Cc1ccccc1C1=CC=C(c2ccc3c(c2)C=CC3C(C)C)C1. The van der Waals surface area contributed by atoms with Crippen LogP contribution in [0.15, 0.2) is 60.7 Å². The van der Waals surface area contributed by atoms with E-state index in [1.54, 1.807) is 0 Å². The van der Waals surface area contributed by atoms with Crippen molar-refractivity contribution < 1.29 is 0 Å². The second-order valence-electron chi connectivity index (χ2n) is 7.35. The van der Waals surface area contributed by atoms with E-state index in [-0.39, 0.29) is 0 Å². The quantitative estimate of drug-likeness (QED) is 0.596. The van der Waals surface area contributed by atoms with E-state index in [4.69, 9.17) is 0 Å². The Bertz CT molecular complexity index is 875. The third-order valence-corrected chi connectivity index (χ3v) is 5.38. The lowest BCUT2D eigenvalue weighted by Gasteiger charge is -2.16. The van der Waals surface area contributed by atoms with Gasteiger partial charge in [-0.2, -0.15) is 0 Å². The summed E-state index contributed by atoms with van der Waals surface area (Å²) in [5.74, 6) is 1.24. The standard InChI is InChI=1S/C24H24/c1-16(2)22-12-11-21-15-19(10-13-24(21)22)18-8-9-20(14-18)23-7-5-4-6-17(23)3/h4-13,15-16,22H,14H2,1-3H3. The zero-order valence-electron chi connectivity index (χ0n) is 14.7. The van der Waals surface area contributed by atoms with Crippen LogP contribution in [0.25, 0.3) is 17.2 Å². The van der Waals surface area contributed by atoms with E-state index in [9.17, 15) is 0 Å². The van der Waals surface area contributed by atoms with Crippen LogP contribution in [0.1, 0.15) is 54.0 Å². The fraction of sp³-hybridized carbons (Fsp3) is 0.250. The Morgan fingerprint density at radius 3 is 2.54 bits per heavy atom. The Morgan fingerprint density at radius 2 is 1.75 bits per heavy atom. The summed E-state index contributed by atoms with van der Waals surface area (Å²) >= 11 is 0. The molecule has 24 heavy (non-hydrogen) atoms. The number of aryl methyl sites for hydroxylation is 1. The number of fused-ring (bicyclic) bond motifs is 1. The lowest BCUT2D eigenvalue weighted by atomic mass is 9.88. The van der Waals surface area contributed by atoms with E-state index < -0.39 is 0 Å². The van der Waals surface area contributed by atoms with Crippen LogP contribution in [0.3, 0.4) is 0 Å². The average Bonchev–Trinajstić information content (AvgIpc) is 3.21. The molecule has 120 valence electrons. The number of allylic oxidation sites excluding steroid dienone is 5. The molecule has 1 unspecified atom stereocenters. The monoisotopic (exact) mass is 312 g/mol. The summed E-state index contributed by atoms with van der Waals surface area (Å²) in [6.07, 6.45) is 10.3. The van der Waals surface area contributed by atoms with Crippen molar-refractivity contribution in [2.45, 2.75) is 33.1 Å². The van der Waals surface area contributed by atoms with Gasteiger partial charge in [-0.15, -0.1) is 0 Å². The minimum absolute atomic E-state index is 0.576. The Morgan fingerprint density at radius 1 is 0.958 bits per heavy atom. The topological polar surface area (TPSA) is 0 Å². The van der Waals surface area contributed by atoms with Crippen molar-refractivity contribution in [3.8, 4) is 0 Å². The van der Waals surface area contributed by atoms with Crippen molar-refractivity contribution in [1.29, 1.82) is 0 Å². The van der Waals surface area contributed by atoms with Gasteiger partial charge < -0.3 is 0 Å². The van der Waals surface area contributed by atoms with Crippen molar-refractivity contribution in [3.63, 3.8) is 0 Å². The normalized spacial score (nSPS) is 18.8. The van der Waals surface area contributed by atoms with E-state index in [0.717, 1.165) is 6.42 Å². The first-order valence-corrected chi connectivity index (χ1v) is 8.92. The van der Waals surface area contributed by atoms with Gasteiger partial charge in [-0.05, 0) is 64.3 Å². The molecule has 4 rings (SSSR count). The Labute approximate surface area is 145 Å². The summed E-state index contributed by atoms with van der Waals surface area (Å²) in [6, 6.07) is 15.7. The van der Waals surface area contributed by atoms with Crippen LogP contribution in [0, 0.1) is 12.8 Å². The fourth-order valence-electron chi connectivity index (χ4n) is 3.96. The van der Waals surface area contributed by atoms with Crippen LogP contribution in [-0.2, 0) is 0 Å². The van der Waals surface area contributed by atoms with Crippen LogP contribution in [0.2, 0.25) is 0 Å². The van der Waals surface area contributed by atoms with E-state index in [0.29, 0.717) is 11.8 Å². The molecule has 0 saturated carbocycles. The predicted octanol–water partition coefficient (Wildman–Crippen LogP) is 6.63. The van der Waals surface area contributed by atoms with Crippen molar-refractivity contribution >= 4 is 17.2 Å². The zero-order valence-corrected chi connectivity index (χ0v) is 14.7. The summed E-state index contributed by atoms with van der Waals surface area (Å²) in [6.45, 7) is 6.80. The molecule has 2 aromatic carbocycles. The van der Waals surface area contributed by atoms with Crippen molar-refractivity contribution in [1.82, 2.24) is 0 Å². The van der Waals surface area contributed by atoms with Crippen molar-refractivity contribution in [3.05, 3.63) is 88.5 Å². The third kappa shape index (κ3) is 2.57. The zero-order chi connectivity index (χ0) is 16.7. The van der Waals surface area contributed by atoms with Gasteiger partial charge in [0.25, 0.3) is 0 Å². The highest BCUT2D eigenvalue weighted by molar-refractivity contribution is 5.88. The first-order valence-electron chi connectivity index (χ1n) is 8.92. The number of benzene rings is 2. The van der Waals surface area contributed by atoms with Crippen molar-refractivity contribution in [2.24, 2.45) is 5.92 Å². The first kappa shape index (κ1) is 15.2. The lowest BCUT2D eigenvalue weighted by molar-refractivity contribution is 0.584. The Hall–Kier alpha value is -2.34.